The highest BCUT2D eigenvalue weighted by Crippen LogP contribution is 2.17. The normalized spacial score (nSPS) is 11.9. The molecule has 0 saturated carbocycles. The Morgan fingerprint density at radius 3 is 2.25 bits per heavy atom. The molecular formula is C16H27ClN2O. The first-order chi connectivity index (χ1) is 9.29. The van der Waals surface area contributed by atoms with Crippen molar-refractivity contribution in [3.8, 4) is 0 Å². The summed E-state index contributed by atoms with van der Waals surface area (Å²) in [6.45, 7) is 14.8. The zero-order valence-corrected chi connectivity index (χ0v) is 14.3. The Kier molecular flexibility index (Phi) is 6.28. The van der Waals surface area contributed by atoms with Gasteiger partial charge in [0.05, 0.1) is 5.88 Å². The molecule has 0 saturated heterocycles. The number of rotatable bonds is 7. The third kappa shape index (κ3) is 3.86. The Morgan fingerprint density at radius 2 is 1.80 bits per heavy atom. The Bertz CT molecular complexity index is 455. The summed E-state index contributed by atoms with van der Waals surface area (Å²) in [5.41, 5.74) is 2.92. The van der Waals surface area contributed by atoms with Crippen molar-refractivity contribution in [2.45, 2.75) is 60.2 Å². The minimum Gasteiger partial charge on any atom is -0.347 e. The van der Waals surface area contributed by atoms with Gasteiger partial charge in [0, 0.05) is 42.1 Å². The fourth-order valence-electron chi connectivity index (χ4n) is 2.83. The Balaban J connectivity index is 2.88. The zero-order valence-electron chi connectivity index (χ0n) is 13.5. The lowest BCUT2D eigenvalue weighted by Gasteiger charge is -2.31. The van der Waals surface area contributed by atoms with Crippen LogP contribution in [0.25, 0.3) is 0 Å². The molecule has 0 fully saturated rings. The van der Waals surface area contributed by atoms with Gasteiger partial charge in [-0.15, -0.1) is 11.6 Å². The van der Waals surface area contributed by atoms with Gasteiger partial charge in [-0.3, -0.25) is 9.69 Å². The Hall–Kier alpha value is -0.800. The van der Waals surface area contributed by atoms with Crippen molar-refractivity contribution in [1.29, 1.82) is 0 Å². The van der Waals surface area contributed by atoms with Crippen molar-refractivity contribution in [3.05, 3.63) is 23.0 Å². The molecule has 0 aliphatic rings. The summed E-state index contributed by atoms with van der Waals surface area (Å²) < 4.78 is 2.22. The SMILES string of the molecule is Cc1cc(C(=O)CCl)c(C)n1CCN(C(C)C)C(C)C. The lowest BCUT2D eigenvalue weighted by atomic mass is 10.2. The van der Waals surface area contributed by atoms with Gasteiger partial charge in [-0.25, -0.2) is 0 Å². The Labute approximate surface area is 127 Å². The van der Waals surface area contributed by atoms with Crippen LogP contribution in [0.15, 0.2) is 6.07 Å². The molecule has 1 aromatic heterocycles. The molecule has 0 atom stereocenters. The number of aromatic nitrogens is 1. The topological polar surface area (TPSA) is 25.2 Å². The molecule has 4 heteroatoms. The van der Waals surface area contributed by atoms with Crippen molar-refractivity contribution < 1.29 is 4.79 Å². The molecule has 0 radical (unpaired) electrons. The second kappa shape index (κ2) is 7.28. The standard InChI is InChI=1S/C16H27ClN2O/c1-11(2)18(12(3)4)7-8-19-13(5)9-15(14(19)6)16(20)10-17/h9,11-12H,7-8,10H2,1-6H3. The van der Waals surface area contributed by atoms with Crippen LogP contribution in [-0.2, 0) is 6.54 Å². The first-order valence-corrected chi connectivity index (χ1v) is 7.84. The number of hydrogen-bond acceptors (Lipinski definition) is 2. The van der Waals surface area contributed by atoms with E-state index in [1.807, 2.05) is 19.9 Å². The van der Waals surface area contributed by atoms with Crippen LogP contribution in [0, 0.1) is 13.8 Å². The summed E-state index contributed by atoms with van der Waals surface area (Å²) >= 11 is 5.66. The maximum Gasteiger partial charge on any atom is 0.179 e. The van der Waals surface area contributed by atoms with Gasteiger partial charge in [-0.05, 0) is 47.6 Å². The molecule has 1 rings (SSSR count). The van der Waals surface area contributed by atoms with Gasteiger partial charge in [0.15, 0.2) is 5.78 Å². The van der Waals surface area contributed by atoms with Gasteiger partial charge in [0.2, 0.25) is 0 Å². The van der Waals surface area contributed by atoms with Gasteiger partial charge in [-0.1, -0.05) is 0 Å². The van der Waals surface area contributed by atoms with Gasteiger partial charge in [0.25, 0.3) is 0 Å². The summed E-state index contributed by atoms with van der Waals surface area (Å²) in [5.74, 6) is 0.0598. The van der Waals surface area contributed by atoms with E-state index >= 15 is 0 Å². The molecule has 3 nitrogen and oxygen atoms in total. The van der Waals surface area contributed by atoms with Crippen molar-refractivity contribution in [3.63, 3.8) is 0 Å². The molecule has 0 aromatic carbocycles. The molecule has 0 amide bonds. The van der Waals surface area contributed by atoms with Gasteiger partial charge < -0.3 is 4.57 Å². The van der Waals surface area contributed by atoms with E-state index in [0.29, 0.717) is 12.1 Å². The monoisotopic (exact) mass is 298 g/mol. The van der Waals surface area contributed by atoms with E-state index in [4.69, 9.17) is 11.6 Å². The van der Waals surface area contributed by atoms with E-state index in [0.717, 1.165) is 30.0 Å². The van der Waals surface area contributed by atoms with E-state index in [-0.39, 0.29) is 11.7 Å². The zero-order chi connectivity index (χ0) is 15.4. The summed E-state index contributed by atoms with van der Waals surface area (Å²) in [4.78, 5) is 14.3. The van der Waals surface area contributed by atoms with Crippen LogP contribution >= 0.6 is 11.6 Å². The number of carbonyl (C=O) groups excluding carboxylic acids is 1. The molecule has 1 aromatic rings. The summed E-state index contributed by atoms with van der Waals surface area (Å²) in [7, 11) is 0. The molecule has 114 valence electrons. The lowest BCUT2D eigenvalue weighted by Crippen LogP contribution is -2.39. The van der Waals surface area contributed by atoms with Crippen LogP contribution in [0.1, 0.15) is 49.4 Å². The smallest absolute Gasteiger partial charge is 0.179 e. The van der Waals surface area contributed by atoms with Crippen LogP contribution in [0.5, 0.6) is 0 Å². The second-order valence-electron chi connectivity index (χ2n) is 5.92. The molecule has 0 spiro atoms. The average molecular weight is 299 g/mol. The molecule has 0 aliphatic carbocycles. The highest BCUT2D eigenvalue weighted by atomic mass is 35.5. The largest absolute Gasteiger partial charge is 0.347 e. The van der Waals surface area contributed by atoms with Crippen molar-refractivity contribution in [2.24, 2.45) is 0 Å². The third-order valence-electron chi connectivity index (χ3n) is 3.90. The van der Waals surface area contributed by atoms with E-state index in [2.05, 4.69) is 37.2 Å². The second-order valence-corrected chi connectivity index (χ2v) is 6.19. The maximum absolute atomic E-state index is 11.8. The van der Waals surface area contributed by atoms with Gasteiger partial charge >= 0.3 is 0 Å². The summed E-state index contributed by atoms with van der Waals surface area (Å²) in [6.07, 6.45) is 0. The summed E-state index contributed by atoms with van der Waals surface area (Å²) in [6, 6.07) is 3.00. The van der Waals surface area contributed by atoms with Crippen molar-refractivity contribution in [2.75, 3.05) is 12.4 Å². The maximum atomic E-state index is 11.8. The minimum absolute atomic E-state index is 0.00981. The number of nitrogens with zero attached hydrogens (tertiary/aromatic N) is 2. The third-order valence-corrected chi connectivity index (χ3v) is 4.15. The molecule has 0 unspecified atom stereocenters. The molecule has 1 heterocycles. The van der Waals surface area contributed by atoms with Gasteiger partial charge in [0.1, 0.15) is 0 Å². The van der Waals surface area contributed by atoms with E-state index < -0.39 is 0 Å². The van der Waals surface area contributed by atoms with Gasteiger partial charge in [-0.2, -0.15) is 0 Å². The quantitative estimate of drug-likeness (QED) is 0.567. The first kappa shape index (κ1) is 17.3. The molecule has 20 heavy (non-hydrogen) atoms. The number of ketones is 1. The Morgan fingerprint density at radius 1 is 1.25 bits per heavy atom. The fraction of sp³-hybridized carbons (Fsp3) is 0.688. The average Bonchev–Trinajstić information content (AvgIpc) is 2.64. The number of aryl methyl sites for hydroxylation is 1. The van der Waals surface area contributed by atoms with Crippen molar-refractivity contribution >= 4 is 17.4 Å². The van der Waals surface area contributed by atoms with E-state index in [1.54, 1.807) is 0 Å². The molecule has 0 aliphatic heterocycles. The predicted octanol–water partition coefficient (Wildman–Crippen LogP) is 3.65. The fourth-order valence-corrected chi connectivity index (χ4v) is 2.97. The predicted molar refractivity (Wildman–Crippen MR) is 85.9 cm³/mol. The minimum atomic E-state index is 0.00981. The van der Waals surface area contributed by atoms with E-state index in [1.165, 1.54) is 0 Å². The van der Waals surface area contributed by atoms with Crippen LogP contribution in [0.3, 0.4) is 0 Å². The molecule has 0 N–H and O–H groups in total. The lowest BCUT2D eigenvalue weighted by molar-refractivity contribution is 0.102. The molecular weight excluding hydrogens is 272 g/mol. The van der Waals surface area contributed by atoms with Crippen LogP contribution in [-0.4, -0.2) is 39.8 Å². The molecule has 0 bridgehead atoms. The number of hydrogen-bond donors (Lipinski definition) is 0. The number of carbonyl (C=O) groups is 1. The highest BCUT2D eigenvalue weighted by Gasteiger charge is 2.17. The van der Waals surface area contributed by atoms with Crippen LogP contribution in [0.4, 0.5) is 0 Å². The van der Waals surface area contributed by atoms with Crippen LogP contribution in [0.2, 0.25) is 0 Å². The van der Waals surface area contributed by atoms with E-state index in [9.17, 15) is 4.79 Å². The van der Waals surface area contributed by atoms with Crippen molar-refractivity contribution in [1.82, 2.24) is 9.47 Å². The number of halogens is 1. The van der Waals surface area contributed by atoms with Crippen LogP contribution < -0.4 is 0 Å². The summed E-state index contributed by atoms with van der Waals surface area (Å²) in [5, 5.41) is 0. The number of Topliss-reactive ketones (excluding diaryl/α,β-unsaturated/α-hetero) is 1. The number of alkyl halides is 1. The highest BCUT2D eigenvalue weighted by molar-refractivity contribution is 6.30. The first-order valence-electron chi connectivity index (χ1n) is 7.31.